The molecule has 0 amide bonds. The minimum Gasteiger partial charge on any atom is -0.109 e. The molecule has 0 N–H and O–H groups in total. The highest BCUT2D eigenvalue weighted by Gasteiger charge is 2.62. The summed E-state index contributed by atoms with van der Waals surface area (Å²) in [6.45, 7) is -7.24. The van der Waals surface area contributed by atoms with Crippen molar-refractivity contribution in [3.05, 3.63) is 0 Å². The van der Waals surface area contributed by atoms with E-state index in [-0.39, 0.29) is 210 Å². The molecule has 0 aliphatic rings. The third kappa shape index (κ3) is 32.1. The second-order valence-corrected chi connectivity index (χ2v) is 268. The van der Waals surface area contributed by atoms with Gasteiger partial charge in [-0.3, -0.25) is 0 Å². The van der Waals surface area contributed by atoms with Crippen molar-refractivity contribution in [1.29, 1.82) is 0 Å². The third-order valence-electron chi connectivity index (χ3n) is 5.50. The van der Waals surface area contributed by atoms with Crippen LogP contribution in [0.2, 0.25) is 0 Å². The van der Waals surface area contributed by atoms with Gasteiger partial charge >= 0.3 is 0 Å². The molecule has 0 fully saturated rings. The molecule has 37 atom stereocenters. The molecule has 0 nitrogen and oxygen atoms in total. The summed E-state index contributed by atoms with van der Waals surface area (Å²) in [7, 11) is 116. The monoisotopic (exact) mass is 2020 g/mol. The lowest BCUT2D eigenvalue weighted by Crippen LogP contribution is -1.73. The van der Waals surface area contributed by atoms with E-state index in [4.69, 9.17) is 0 Å². The standard InChI is InChI=1S/H65P63/c1-33-49(32)57(48(30)31)61(56(46(26)27)47(28)29)63(60(54(42(18)19)43(20)21)55(44(22)23)45(24)25)62(58(50(34(2)3)35(4)5)51(36(6)7)37(8)9)59(52(38(10)11)39(12)13)53(40(14)15)41(16)17/h33H,1-32H2. The molecule has 0 rings (SSSR count). The van der Waals surface area contributed by atoms with E-state index in [0.717, 1.165) is 7.96 Å². The highest BCUT2D eigenvalue weighted by Crippen LogP contribution is 3.49. The normalized spacial score (nSPS) is 16.5. The van der Waals surface area contributed by atoms with E-state index >= 15 is 0 Å². The van der Waals surface area contributed by atoms with Gasteiger partial charge in [0, 0.05) is 0 Å². The van der Waals surface area contributed by atoms with E-state index in [2.05, 4.69) is 286 Å². The Balaban J connectivity index is 11.0. The number of rotatable bonds is 30. The molecule has 0 aromatic carbocycles. The van der Waals surface area contributed by atoms with Gasteiger partial charge < -0.3 is 0 Å². The van der Waals surface area contributed by atoms with Gasteiger partial charge in [-0.25, -0.2) is 0 Å². The Morgan fingerprint density at radius 2 is 0.238 bits per heavy atom. The van der Waals surface area contributed by atoms with Crippen LogP contribution in [-0.2, 0) is 0 Å². The summed E-state index contributed by atoms with van der Waals surface area (Å²) in [4.78, 5) is 0. The smallest absolute Gasteiger partial charge is 0.0000104 e. The summed E-state index contributed by atoms with van der Waals surface area (Å²) < 4.78 is 0. The molecule has 0 radical (unpaired) electrons. The summed E-state index contributed by atoms with van der Waals surface area (Å²) in [5.41, 5.74) is 0. The van der Waals surface area contributed by atoms with Gasteiger partial charge in [-0.05, 0) is 210 Å². The third-order valence-corrected chi connectivity index (χ3v) is 446. The zero-order chi connectivity index (χ0) is 50.0. The first-order chi connectivity index (χ1) is 28.7. The van der Waals surface area contributed by atoms with E-state index < -0.39 is 0 Å². The Hall–Kier alpha value is 27.1. The van der Waals surface area contributed by atoms with Crippen molar-refractivity contribution in [2.45, 2.75) is 0 Å². The van der Waals surface area contributed by atoms with E-state index in [1.54, 1.807) is 0 Å². The van der Waals surface area contributed by atoms with Crippen LogP contribution in [0.4, 0.5) is 0 Å². The lowest BCUT2D eigenvalue weighted by molar-refractivity contribution is 4.33. The van der Waals surface area contributed by atoms with Gasteiger partial charge in [0.15, 0.2) is 0 Å². The molecule has 0 spiro atoms. The second kappa shape index (κ2) is 49.6. The van der Waals surface area contributed by atoms with Crippen molar-refractivity contribution in [3.63, 3.8) is 0 Å². The zero-order valence-electron chi connectivity index (χ0n) is 32.4. The lowest BCUT2D eigenvalue weighted by atomic mass is 28.4. The van der Waals surface area contributed by atoms with Gasteiger partial charge in [0.25, 0.3) is 0 Å². The quantitative estimate of drug-likeness (QED) is 0.0629. The van der Waals surface area contributed by atoms with E-state index in [1.165, 1.54) is 0 Å². The maximum absolute atomic E-state index is 3.68. The van der Waals surface area contributed by atoms with Crippen molar-refractivity contribution >= 4 is 503 Å². The Labute approximate surface area is 495 Å². The first-order valence-corrected chi connectivity index (χ1v) is 129. The topological polar surface area (TPSA) is 0 Å². The lowest BCUT2D eigenvalue weighted by Gasteiger charge is -2.60. The molecule has 0 saturated heterocycles. The minimum atomic E-state index is -0.291. The Morgan fingerprint density at radius 3 is 0.333 bits per heavy atom. The molecule has 0 heterocycles. The van der Waals surface area contributed by atoms with Crippen LogP contribution in [0.1, 0.15) is 0 Å². The maximum atomic E-state index is 3.68. The van der Waals surface area contributed by atoms with Crippen molar-refractivity contribution in [1.82, 2.24) is 0 Å². The molecule has 63 heavy (non-hydrogen) atoms. The second-order valence-electron chi connectivity index (χ2n) is 9.93. The molecule has 37 unspecified atom stereocenters. The summed E-state index contributed by atoms with van der Waals surface area (Å²) >= 11 is 0. The molecule has 0 aromatic heterocycles. The van der Waals surface area contributed by atoms with Gasteiger partial charge in [-0.2, -0.15) is 0 Å². The van der Waals surface area contributed by atoms with Crippen molar-refractivity contribution in [3.8, 4) is 0 Å². The Morgan fingerprint density at radius 1 is 0.143 bits per heavy atom. The van der Waals surface area contributed by atoms with Crippen LogP contribution in [-0.4, -0.2) is 0 Å². The van der Waals surface area contributed by atoms with Crippen molar-refractivity contribution < 1.29 is 0 Å². The predicted molar refractivity (Wildman–Crippen MR) is 527 cm³/mol. The fraction of sp³-hybridized carbons (Fsp3) is 0. The molecule has 0 aliphatic carbocycles. The first-order valence-electron chi connectivity index (χ1n) is 14.3. The minimum absolute atomic E-state index is 0.163. The van der Waals surface area contributed by atoms with Gasteiger partial charge in [-0.15, -0.1) is 286 Å². The Kier molecular flexibility index (Phi) is 70.9. The van der Waals surface area contributed by atoms with Gasteiger partial charge in [-0.1, -0.05) is 7.96 Å². The molecule has 0 aliphatic heterocycles. The van der Waals surface area contributed by atoms with E-state index in [9.17, 15) is 0 Å². The first kappa shape index (κ1) is 90.1. The molecule has 63 heteroatoms. The number of hydrogen-bond acceptors (Lipinski definition) is 0. The highest BCUT2D eigenvalue weighted by molar-refractivity contribution is 9.55. The molecule has 380 valence electrons. The molecule has 0 bridgehead atoms. The average Bonchev–Trinajstić information content (AvgIpc) is 3.07. The van der Waals surface area contributed by atoms with Crippen LogP contribution in [0.25, 0.3) is 0 Å². The van der Waals surface area contributed by atoms with Crippen LogP contribution in [0.3, 0.4) is 0 Å². The van der Waals surface area contributed by atoms with Crippen LogP contribution in [0.5, 0.6) is 0 Å². The fourth-order valence-corrected chi connectivity index (χ4v) is 913. The van der Waals surface area contributed by atoms with E-state index in [1.807, 2.05) is 0 Å². The molecular weight excluding hydrogens is 1950 g/mol. The van der Waals surface area contributed by atoms with Crippen molar-refractivity contribution in [2.75, 3.05) is 0 Å². The maximum Gasteiger partial charge on any atom is -0.0000104 e. The van der Waals surface area contributed by atoms with Gasteiger partial charge in [0.05, 0.1) is 0 Å². The summed E-state index contributed by atoms with van der Waals surface area (Å²) in [6, 6.07) is 0. The van der Waals surface area contributed by atoms with Gasteiger partial charge in [0.1, 0.15) is 0 Å². The average molecular weight is 2020 g/mol. The largest absolute Gasteiger partial charge is 0.109 e. The summed E-state index contributed by atoms with van der Waals surface area (Å²) in [5, 5.41) is 0. The summed E-state index contributed by atoms with van der Waals surface area (Å²) in [5.74, 6) is 0. The van der Waals surface area contributed by atoms with Crippen LogP contribution in [0, 0.1) is 0 Å². The Bertz CT molecular complexity index is 994. The summed E-state index contributed by atoms with van der Waals surface area (Å²) in [6.07, 6.45) is 0. The van der Waals surface area contributed by atoms with E-state index in [0.29, 0.717) is 0 Å². The SMILES string of the molecule is PPP(P)P(P(P)P)P(P(P(P)P)P(P)P)P(P(P(P(P)P)P(P)P)P(P(P)P)P(P)P)P(P(P(P(P)P)P(P)P)P(P(P)P)P(P)P)P(P(P(P)P)P(P)P)P(P(P)P)P(P)P. The zero-order valence-corrected chi connectivity index (χ0v) is 97.2. The molecule has 0 saturated carbocycles. The molecule has 0 aromatic rings. The predicted octanol–water partition coefficient (Wildman–Crippen LogP) is 36.9. The van der Waals surface area contributed by atoms with Crippen LogP contribution >= 0.6 is 503 Å². The number of hydrogen-bond donors (Lipinski definition) is 0. The van der Waals surface area contributed by atoms with Crippen LogP contribution < -0.4 is 0 Å². The van der Waals surface area contributed by atoms with Gasteiger partial charge in [0.2, 0.25) is 0 Å². The fourth-order valence-electron chi connectivity index (χ4n) is 3.76. The highest BCUT2D eigenvalue weighted by atomic mass is 33.6. The van der Waals surface area contributed by atoms with Crippen LogP contribution in [0.15, 0.2) is 0 Å². The molecular formula is H65P63. The van der Waals surface area contributed by atoms with Crippen molar-refractivity contribution in [2.24, 2.45) is 0 Å².